The molecule has 138 valence electrons. The van der Waals surface area contributed by atoms with E-state index in [1.807, 2.05) is 6.07 Å². The van der Waals surface area contributed by atoms with Crippen LogP contribution in [0.25, 0.3) is 0 Å². The Morgan fingerprint density at radius 3 is 2.50 bits per heavy atom. The zero-order valence-corrected chi connectivity index (χ0v) is 16.5. The second kappa shape index (κ2) is 7.28. The Labute approximate surface area is 164 Å². The van der Waals surface area contributed by atoms with Crippen LogP contribution in [0.2, 0.25) is 10.0 Å². The molecule has 1 aliphatic heterocycles. The fourth-order valence-corrected chi connectivity index (χ4v) is 4.89. The number of hydrogen-bond donors (Lipinski definition) is 0. The zero-order valence-electron chi connectivity index (χ0n) is 15.0. The van der Waals surface area contributed by atoms with Crippen LogP contribution in [0.1, 0.15) is 48.8 Å². The van der Waals surface area contributed by atoms with E-state index in [1.165, 1.54) is 30.4 Å². The summed E-state index contributed by atoms with van der Waals surface area (Å²) in [7, 11) is 1.71. The van der Waals surface area contributed by atoms with Crippen molar-refractivity contribution in [2.45, 2.75) is 57.0 Å². The number of ether oxygens (including phenoxy) is 2. The van der Waals surface area contributed by atoms with Gasteiger partial charge >= 0.3 is 0 Å². The molecule has 1 aliphatic carbocycles. The minimum absolute atomic E-state index is 0.0318. The van der Waals surface area contributed by atoms with Crippen molar-refractivity contribution in [2.75, 3.05) is 7.11 Å². The third-order valence-corrected chi connectivity index (χ3v) is 6.37. The van der Waals surface area contributed by atoms with Gasteiger partial charge in [0, 0.05) is 24.4 Å². The largest absolute Gasteiger partial charge is 0.493 e. The SMILES string of the molecule is COc1ccc(CCc2c(Cl)cncc2Cl)c2c1OC1(CCCCC1)C2. The highest BCUT2D eigenvalue weighted by Crippen LogP contribution is 2.49. The molecular formula is C21H23Cl2NO2. The van der Waals surface area contributed by atoms with Crippen molar-refractivity contribution in [3.8, 4) is 11.5 Å². The highest BCUT2D eigenvalue weighted by molar-refractivity contribution is 6.35. The first kappa shape index (κ1) is 17.9. The van der Waals surface area contributed by atoms with E-state index < -0.39 is 0 Å². The summed E-state index contributed by atoms with van der Waals surface area (Å²) in [6.07, 6.45) is 12.0. The van der Waals surface area contributed by atoms with Gasteiger partial charge in [0.2, 0.25) is 0 Å². The zero-order chi connectivity index (χ0) is 18.1. The molecular weight excluding hydrogens is 369 g/mol. The maximum absolute atomic E-state index is 6.51. The Morgan fingerprint density at radius 1 is 1.08 bits per heavy atom. The van der Waals surface area contributed by atoms with E-state index in [0.29, 0.717) is 10.0 Å². The monoisotopic (exact) mass is 391 g/mol. The summed E-state index contributed by atoms with van der Waals surface area (Å²) in [6.45, 7) is 0. The average Bonchev–Trinajstić information content (AvgIpc) is 3.00. The summed E-state index contributed by atoms with van der Waals surface area (Å²) in [4.78, 5) is 4.04. The van der Waals surface area contributed by atoms with Crippen LogP contribution in [0, 0.1) is 0 Å². The van der Waals surface area contributed by atoms with Crippen molar-refractivity contribution in [1.82, 2.24) is 4.98 Å². The molecule has 1 spiro atoms. The Bertz CT molecular complexity index is 796. The first-order valence-electron chi connectivity index (χ1n) is 9.27. The normalized spacial score (nSPS) is 17.8. The van der Waals surface area contributed by atoms with Crippen LogP contribution in [0.15, 0.2) is 24.5 Å². The lowest BCUT2D eigenvalue weighted by atomic mass is 9.81. The van der Waals surface area contributed by atoms with Crippen molar-refractivity contribution in [1.29, 1.82) is 0 Å². The molecule has 2 aromatic rings. The minimum atomic E-state index is -0.0318. The molecule has 1 fully saturated rings. The van der Waals surface area contributed by atoms with E-state index in [1.54, 1.807) is 19.5 Å². The number of halogens is 2. The lowest BCUT2D eigenvalue weighted by Gasteiger charge is -2.32. The van der Waals surface area contributed by atoms with Gasteiger partial charge in [0.15, 0.2) is 11.5 Å². The minimum Gasteiger partial charge on any atom is -0.493 e. The standard InChI is InChI=1S/C21H23Cl2NO2/c1-25-19-8-6-14(5-7-15-17(22)12-24-13-18(15)23)16-11-21(26-20(16)19)9-3-2-4-10-21/h6,8,12-13H,2-5,7,9-11H2,1H3. The van der Waals surface area contributed by atoms with Gasteiger partial charge in [0.1, 0.15) is 5.60 Å². The quantitative estimate of drug-likeness (QED) is 0.657. The number of hydrogen-bond acceptors (Lipinski definition) is 3. The number of benzene rings is 1. The van der Waals surface area contributed by atoms with E-state index in [-0.39, 0.29) is 5.60 Å². The first-order chi connectivity index (χ1) is 12.6. The van der Waals surface area contributed by atoms with E-state index in [9.17, 15) is 0 Å². The van der Waals surface area contributed by atoms with E-state index >= 15 is 0 Å². The molecule has 0 radical (unpaired) electrons. The van der Waals surface area contributed by atoms with Gasteiger partial charge in [-0.25, -0.2) is 0 Å². The third kappa shape index (κ3) is 3.27. The fraction of sp³-hybridized carbons (Fsp3) is 0.476. The van der Waals surface area contributed by atoms with Gasteiger partial charge in [-0.3, -0.25) is 4.98 Å². The van der Waals surface area contributed by atoms with Crippen LogP contribution in [-0.4, -0.2) is 17.7 Å². The Hall–Kier alpha value is -1.45. The first-order valence-corrected chi connectivity index (χ1v) is 10.0. The van der Waals surface area contributed by atoms with E-state index in [4.69, 9.17) is 32.7 Å². The van der Waals surface area contributed by atoms with Gasteiger partial charge in [-0.05, 0) is 55.7 Å². The summed E-state index contributed by atoms with van der Waals surface area (Å²) in [5.41, 5.74) is 3.52. The van der Waals surface area contributed by atoms with Gasteiger partial charge in [-0.2, -0.15) is 0 Å². The number of aromatic nitrogens is 1. The van der Waals surface area contributed by atoms with Crippen molar-refractivity contribution in [3.05, 3.63) is 51.3 Å². The molecule has 3 nitrogen and oxygen atoms in total. The molecule has 2 heterocycles. The molecule has 4 rings (SSSR count). The summed E-state index contributed by atoms with van der Waals surface area (Å²) in [5.74, 6) is 1.78. The van der Waals surface area contributed by atoms with Crippen molar-refractivity contribution in [2.24, 2.45) is 0 Å². The van der Waals surface area contributed by atoms with Crippen LogP contribution in [0.3, 0.4) is 0 Å². The van der Waals surface area contributed by atoms with Crippen molar-refractivity contribution < 1.29 is 9.47 Å². The van der Waals surface area contributed by atoms with Crippen LogP contribution < -0.4 is 9.47 Å². The van der Waals surface area contributed by atoms with Crippen LogP contribution >= 0.6 is 23.2 Å². The smallest absolute Gasteiger partial charge is 0.165 e. The second-order valence-electron chi connectivity index (χ2n) is 7.34. The highest BCUT2D eigenvalue weighted by Gasteiger charge is 2.42. The number of pyridine rings is 1. The molecule has 0 saturated heterocycles. The summed E-state index contributed by atoms with van der Waals surface area (Å²) in [6, 6.07) is 4.18. The second-order valence-corrected chi connectivity index (χ2v) is 8.15. The van der Waals surface area contributed by atoms with Gasteiger partial charge in [-0.1, -0.05) is 35.7 Å². The van der Waals surface area contributed by atoms with Gasteiger partial charge in [0.25, 0.3) is 0 Å². The topological polar surface area (TPSA) is 31.4 Å². The number of aryl methyl sites for hydroxylation is 1. The lowest BCUT2D eigenvalue weighted by molar-refractivity contribution is 0.0507. The Kier molecular flexibility index (Phi) is 5.02. The van der Waals surface area contributed by atoms with Crippen molar-refractivity contribution >= 4 is 23.2 Å². The molecule has 26 heavy (non-hydrogen) atoms. The molecule has 0 amide bonds. The summed E-state index contributed by atoms with van der Waals surface area (Å²) < 4.78 is 12.1. The predicted octanol–water partition coefficient (Wildman–Crippen LogP) is 5.82. The summed E-state index contributed by atoms with van der Waals surface area (Å²) >= 11 is 12.6. The highest BCUT2D eigenvalue weighted by atomic mass is 35.5. The fourth-order valence-electron chi connectivity index (χ4n) is 4.33. The molecule has 1 aromatic carbocycles. The third-order valence-electron chi connectivity index (χ3n) is 5.72. The molecule has 0 atom stereocenters. The number of nitrogens with zero attached hydrogens (tertiary/aromatic N) is 1. The predicted molar refractivity (Wildman–Crippen MR) is 105 cm³/mol. The molecule has 0 bridgehead atoms. The lowest BCUT2D eigenvalue weighted by Crippen LogP contribution is -2.36. The molecule has 0 unspecified atom stereocenters. The maximum atomic E-state index is 6.51. The Morgan fingerprint density at radius 2 is 1.81 bits per heavy atom. The van der Waals surface area contributed by atoms with E-state index in [2.05, 4.69) is 11.1 Å². The van der Waals surface area contributed by atoms with Crippen LogP contribution in [-0.2, 0) is 19.3 Å². The summed E-state index contributed by atoms with van der Waals surface area (Å²) in [5, 5.41) is 1.25. The molecule has 2 aliphatic rings. The molecule has 1 saturated carbocycles. The molecule has 5 heteroatoms. The van der Waals surface area contributed by atoms with Crippen molar-refractivity contribution in [3.63, 3.8) is 0 Å². The van der Waals surface area contributed by atoms with Gasteiger partial charge in [-0.15, -0.1) is 0 Å². The van der Waals surface area contributed by atoms with Crippen LogP contribution in [0.5, 0.6) is 11.5 Å². The van der Waals surface area contributed by atoms with Gasteiger partial charge < -0.3 is 9.47 Å². The molecule has 1 aromatic heterocycles. The number of rotatable bonds is 4. The molecule has 0 N–H and O–H groups in total. The number of fused-ring (bicyclic) bond motifs is 1. The maximum Gasteiger partial charge on any atom is 0.165 e. The Balaban J connectivity index is 1.62. The van der Waals surface area contributed by atoms with Gasteiger partial charge in [0.05, 0.1) is 17.2 Å². The average molecular weight is 392 g/mol. The number of methoxy groups -OCH3 is 1. The van der Waals surface area contributed by atoms with Crippen LogP contribution in [0.4, 0.5) is 0 Å². The van der Waals surface area contributed by atoms with E-state index in [0.717, 1.165) is 49.2 Å².